The molecule has 1 aromatic heterocycles. The number of esters is 1. The molecule has 1 N–H and O–H groups in total. The predicted octanol–water partition coefficient (Wildman–Crippen LogP) is 3.54. The molecule has 0 saturated heterocycles. The van der Waals surface area contributed by atoms with Gasteiger partial charge < -0.3 is 14.6 Å². The first-order chi connectivity index (χ1) is 11.3. The normalized spacial score (nSPS) is 10.8. The monoisotopic (exact) mass is 392 g/mol. The molecule has 0 fully saturated rings. The van der Waals surface area contributed by atoms with Crippen LogP contribution in [0.5, 0.6) is 0 Å². The number of aryl methyl sites for hydroxylation is 1. The second-order valence-corrected chi connectivity index (χ2v) is 6.73. The van der Waals surface area contributed by atoms with E-state index in [0.29, 0.717) is 5.56 Å². The lowest BCUT2D eigenvalue weighted by atomic mass is 10.2. The van der Waals surface area contributed by atoms with Gasteiger partial charge in [0, 0.05) is 21.5 Å². The minimum Gasteiger partial charge on any atom is -0.462 e. The molecule has 1 heterocycles. The number of halogens is 1. The van der Waals surface area contributed by atoms with Gasteiger partial charge >= 0.3 is 5.97 Å². The van der Waals surface area contributed by atoms with E-state index in [1.807, 2.05) is 48.7 Å². The van der Waals surface area contributed by atoms with E-state index in [0.717, 1.165) is 21.5 Å². The molecule has 1 aromatic carbocycles. The zero-order valence-corrected chi connectivity index (χ0v) is 15.8. The predicted molar refractivity (Wildman–Crippen MR) is 96.5 cm³/mol. The highest BCUT2D eigenvalue weighted by atomic mass is 79.9. The molecule has 1 amide bonds. The molecule has 0 bridgehead atoms. The Bertz CT molecular complexity index is 748. The average Bonchev–Trinajstić information content (AvgIpc) is 2.80. The molecule has 0 aliphatic rings. The quantitative estimate of drug-likeness (QED) is 0.791. The summed E-state index contributed by atoms with van der Waals surface area (Å²) in [5.74, 6) is -0.729. The number of nitrogens with one attached hydrogen (secondary N) is 1. The van der Waals surface area contributed by atoms with Crippen molar-refractivity contribution in [2.45, 2.75) is 33.8 Å². The van der Waals surface area contributed by atoms with Crippen molar-refractivity contribution in [1.82, 2.24) is 9.88 Å². The average molecular weight is 393 g/mol. The molecule has 0 atom stereocenters. The summed E-state index contributed by atoms with van der Waals surface area (Å²) >= 11 is 3.42. The first-order valence-electron chi connectivity index (χ1n) is 7.72. The lowest BCUT2D eigenvalue weighted by Gasteiger charge is -2.11. The first-order valence-corrected chi connectivity index (χ1v) is 8.51. The Balaban J connectivity index is 2.17. The number of aromatic nitrogens is 1. The topological polar surface area (TPSA) is 60.3 Å². The maximum atomic E-state index is 12.4. The van der Waals surface area contributed by atoms with Crippen molar-refractivity contribution in [3.63, 3.8) is 0 Å². The largest absolute Gasteiger partial charge is 0.462 e. The Morgan fingerprint density at radius 1 is 1.21 bits per heavy atom. The summed E-state index contributed by atoms with van der Waals surface area (Å²) in [6.07, 6.45) is -0.197. The van der Waals surface area contributed by atoms with Crippen molar-refractivity contribution in [1.29, 1.82) is 0 Å². The maximum Gasteiger partial charge on any atom is 0.325 e. The molecular formula is C18H21BrN2O3. The molecule has 128 valence electrons. The van der Waals surface area contributed by atoms with Crippen LogP contribution in [-0.2, 0) is 9.53 Å². The van der Waals surface area contributed by atoms with E-state index in [-0.39, 0.29) is 18.6 Å². The van der Waals surface area contributed by atoms with E-state index < -0.39 is 5.97 Å². The molecular weight excluding hydrogens is 372 g/mol. The SMILES string of the molecule is Cc1cc(C(=O)NCC(=O)OC(C)C)c(C)n1-c1ccc(Br)cc1. The van der Waals surface area contributed by atoms with E-state index in [9.17, 15) is 9.59 Å². The lowest BCUT2D eigenvalue weighted by molar-refractivity contribution is -0.146. The van der Waals surface area contributed by atoms with E-state index >= 15 is 0 Å². The fourth-order valence-corrected chi connectivity index (χ4v) is 2.80. The van der Waals surface area contributed by atoms with Gasteiger partial charge in [-0.3, -0.25) is 9.59 Å². The maximum absolute atomic E-state index is 12.4. The summed E-state index contributed by atoms with van der Waals surface area (Å²) in [7, 11) is 0. The Labute approximate surface area is 150 Å². The number of nitrogens with zero attached hydrogens (tertiary/aromatic N) is 1. The molecule has 0 unspecified atom stereocenters. The molecule has 24 heavy (non-hydrogen) atoms. The van der Waals surface area contributed by atoms with Gasteiger partial charge in [0.2, 0.25) is 0 Å². The standard InChI is InChI=1S/C18H21BrN2O3/c1-11(2)24-17(22)10-20-18(23)16-9-12(3)21(13(16)4)15-7-5-14(19)6-8-15/h5-9,11H,10H2,1-4H3,(H,20,23). The number of ether oxygens (including phenoxy) is 1. The van der Waals surface area contributed by atoms with Crippen molar-refractivity contribution >= 4 is 27.8 Å². The number of hydrogen-bond donors (Lipinski definition) is 1. The smallest absolute Gasteiger partial charge is 0.325 e. The summed E-state index contributed by atoms with van der Waals surface area (Å²) in [6.45, 7) is 7.23. The number of hydrogen-bond acceptors (Lipinski definition) is 3. The number of rotatable bonds is 5. The number of carbonyl (C=O) groups excluding carboxylic acids is 2. The Morgan fingerprint density at radius 2 is 1.83 bits per heavy atom. The van der Waals surface area contributed by atoms with Crippen molar-refractivity contribution in [3.05, 3.63) is 51.8 Å². The van der Waals surface area contributed by atoms with Gasteiger partial charge in [-0.25, -0.2) is 0 Å². The van der Waals surface area contributed by atoms with E-state index in [1.54, 1.807) is 13.8 Å². The molecule has 0 radical (unpaired) electrons. The highest BCUT2D eigenvalue weighted by molar-refractivity contribution is 9.10. The molecule has 2 rings (SSSR count). The van der Waals surface area contributed by atoms with E-state index in [2.05, 4.69) is 21.2 Å². The van der Waals surface area contributed by atoms with Crippen molar-refractivity contribution in [2.75, 3.05) is 6.54 Å². The molecule has 6 heteroatoms. The van der Waals surface area contributed by atoms with E-state index in [4.69, 9.17) is 4.74 Å². The minimum atomic E-state index is -0.444. The highest BCUT2D eigenvalue weighted by Gasteiger charge is 2.17. The molecule has 5 nitrogen and oxygen atoms in total. The van der Waals surface area contributed by atoms with Gasteiger partial charge in [0.15, 0.2) is 0 Å². The molecule has 2 aromatic rings. The number of carbonyl (C=O) groups is 2. The third-order valence-electron chi connectivity index (χ3n) is 3.52. The van der Waals surface area contributed by atoms with Gasteiger partial charge in [-0.2, -0.15) is 0 Å². The van der Waals surface area contributed by atoms with Crippen molar-refractivity contribution in [3.8, 4) is 5.69 Å². The summed E-state index contributed by atoms with van der Waals surface area (Å²) in [5, 5.41) is 2.61. The van der Waals surface area contributed by atoms with E-state index in [1.165, 1.54) is 0 Å². The van der Waals surface area contributed by atoms with Gasteiger partial charge in [0.1, 0.15) is 6.54 Å². The third kappa shape index (κ3) is 4.26. The third-order valence-corrected chi connectivity index (χ3v) is 4.05. The zero-order valence-electron chi connectivity index (χ0n) is 14.2. The van der Waals surface area contributed by atoms with Gasteiger partial charge in [0.25, 0.3) is 5.91 Å². The fraction of sp³-hybridized carbons (Fsp3) is 0.333. The highest BCUT2D eigenvalue weighted by Crippen LogP contribution is 2.22. The molecule has 0 saturated carbocycles. The second-order valence-electron chi connectivity index (χ2n) is 5.82. The van der Waals surface area contributed by atoms with Gasteiger partial charge in [-0.05, 0) is 58.0 Å². The Hall–Kier alpha value is -2.08. The Kier molecular flexibility index (Phi) is 5.83. The lowest BCUT2D eigenvalue weighted by Crippen LogP contribution is -2.31. The van der Waals surface area contributed by atoms with Crippen LogP contribution in [-0.4, -0.2) is 29.1 Å². The molecule has 0 aliphatic heterocycles. The van der Waals surface area contributed by atoms with Crippen LogP contribution in [0.15, 0.2) is 34.8 Å². The Morgan fingerprint density at radius 3 is 2.42 bits per heavy atom. The number of benzene rings is 1. The second kappa shape index (κ2) is 7.66. The fourth-order valence-electron chi connectivity index (χ4n) is 2.53. The van der Waals surface area contributed by atoms with Crippen LogP contribution in [0, 0.1) is 13.8 Å². The number of amides is 1. The van der Waals surface area contributed by atoms with Crippen LogP contribution >= 0.6 is 15.9 Å². The van der Waals surface area contributed by atoms with Crippen molar-refractivity contribution < 1.29 is 14.3 Å². The van der Waals surface area contributed by atoms with Crippen LogP contribution in [0.1, 0.15) is 35.6 Å². The molecule has 0 spiro atoms. The van der Waals surface area contributed by atoms with Crippen LogP contribution in [0.25, 0.3) is 5.69 Å². The summed E-state index contributed by atoms with van der Waals surface area (Å²) in [4.78, 5) is 23.9. The van der Waals surface area contributed by atoms with Crippen LogP contribution in [0.3, 0.4) is 0 Å². The van der Waals surface area contributed by atoms with Gasteiger partial charge in [-0.1, -0.05) is 15.9 Å². The first kappa shape index (κ1) is 18.3. The van der Waals surface area contributed by atoms with Gasteiger partial charge in [0.05, 0.1) is 11.7 Å². The van der Waals surface area contributed by atoms with Crippen LogP contribution < -0.4 is 5.32 Å². The molecule has 0 aliphatic carbocycles. The summed E-state index contributed by atoms with van der Waals surface area (Å²) < 4.78 is 8.02. The summed E-state index contributed by atoms with van der Waals surface area (Å²) in [6, 6.07) is 9.68. The van der Waals surface area contributed by atoms with Gasteiger partial charge in [-0.15, -0.1) is 0 Å². The van der Waals surface area contributed by atoms with Crippen molar-refractivity contribution in [2.24, 2.45) is 0 Å². The minimum absolute atomic E-state index is 0.140. The van der Waals surface area contributed by atoms with Crippen LogP contribution in [0.2, 0.25) is 0 Å². The van der Waals surface area contributed by atoms with Crippen LogP contribution in [0.4, 0.5) is 0 Å². The summed E-state index contributed by atoms with van der Waals surface area (Å²) in [5.41, 5.74) is 3.30. The zero-order chi connectivity index (χ0) is 17.9.